The summed E-state index contributed by atoms with van der Waals surface area (Å²) in [7, 11) is 0. The molecule has 0 saturated heterocycles. The van der Waals surface area contributed by atoms with Crippen molar-refractivity contribution in [2.75, 3.05) is 0 Å². The van der Waals surface area contributed by atoms with Crippen molar-refractivity contribution < 1.29 is 18.7 Å². The zero-order valence-corrected chi connectivity index (χ0v) is 8.14. The minimum Gasteiger partial charge on any atom is -0.453 e. The van der Waals surface area contributed by atoms with E-state index in [0.717, 1.165) is 19.3 Å². The van der Waals surface area contributed by atoms with Crippen LogP contribution in [-0.2, 0) is 14.3 Å². The Hall–Kier alpha value is -1.06. The van der Waals surface area contributed by atoms with E-state index in [-0.39, 0.29) is 5.76 Å². The molecule has 78 valence electrons. The van der Waals surface area contributed by atoms with Gasteiger partial charge in [-0.1, -0.05) is 6.42 Å². The number of allylic oxidation sites excluding steroid dienone is 1. The number of esters is 1. The monoisotopic (exact) mass is 200 g/mol. The number of carbonyl (C=O) groups is 1. The summed E-state index contributed by atoms with van der Waals surface area (Å²) in [5.74, 6) is -2.59. The van der Waals surface area contributed by atoms with E-state index < -0.39 is 17.6 Å². The van der Waals surface area contributed by atoms with Crippen molar-refractivity contribution in [2.45, 2.75) is 44.8 Å². The van der Waals surface area contributed by atoms with Crippen LogP contribution in [0.1, 0.15) is 39.0 Å². The Morgan fingerprint density at radius 2 is 1.86 bits per heavy atom. The molecule has 2 aliphatic rings. The van der Waals surface area contributed by atoms with Crippen molar-refractivity contribution in [1.82, 2.24) is 0 Å². The van der Waals surface area contributed by atoms with E-state index in [2.05, 4.69) is 0 Å². The van der Waals surface area contributed by atoms with Crippen molar-refractivity contribution >= 4 is 5.97 Å². The quantitative estimate of drug-likeness (QED) is 0.563. The summed E-state index contributed by atoms with van der Waals surface area (Å²) < 4.78 is 23.4. The highest BCUT2D eigenvalue weighted by Gasteiger charge is 2.43. The summed E-state index contributed by atoms with van der Waals surface area (Å²) >= 11 is 0. The lowest BCUT2D eigenvalue weighted by Crippen LogP contribution is -2.43. The van der Waals surface area contributed by atoms with Crippen LogP contribution in [0.5, 0.6) is 0 Å². The van der Waals surface area contributed by atoms with E-state index in [1.54, 1.807) is 0 Å². The minimum atomic E-state index is -0.902. The van der Waals surface area contributed by atoms with Gasteiger partial charge in [0.15, 0.2) is 0 Å². The van der Waals surface area contributed by atoms with Gasteiger partial charge in [0, 0.05) is 12.8 Å². The highest BCUT2D eigenvalue weighted by molar-refractivity contribution is 5.87. The second kappa shape index (κ2) is 3.26. The Labute approximate surface area is 81.9 Å². The van der Waals surface area contributed by atoms with Crippen LogP contribution in [0.3, 0.4) is 0 Å². The first-order valence-electron chi connectivity index (χ1n) is 4.92. The van der Waals surface area contributed by atoms with Crippen molar-refractivity contribution in [3.05, 3.63) is 11.6 Å². The summed E-state index contributed by atoms with van der Waals surface area (Å²) in [4.78, 5) is 11.1. The third kappa shape index (κ3) is 1.49. The molecule has 0 unspecified atom stereocenters. The fourth-order valence-corrected chi connectivity index (χ4v) is 2.00. The molecule has 0 bridgehead atoms. The average molecular weight is 200 g/mol. The smallest absolute Gasteiger partial charge is 0.374 e. The van der Waals surface area contributed by atoms with E-state index in [0.29, 0.717) is 12.8 Å². The first kappa shape index (κ1) is 9.49. The molecule has 1 aliphatic heterocycles. The molecule has 0 radical (unpaired) electrons. The molecule has 0 atom stereocenters. The van der Waals surface area contributed by atoms with Gasteiger partial charge in [-0.15, -0.1) is 0 Å². The van der Waals surface area contributed by atoms with Gasteiger partial charge in [0.05, 0.1) is 0 Å². The van der Waals surface area contributed by atoms with Gasteiger partial charge in [-0.05, 0) is 19.8 Å². The normalized spacial score (nSPS) is 26.0. The summed E-state index contributed by atoms with van der Waals surface area (Å²) in [6.45, 7) is 1.46. The van der Waals surface area contributed by atoms with Crippen LogP contribution in [0.15, 0.2) is 11.6 Å². The molecule has 0 N–H and O–H groups in total. The van der Waals surface area contributed by atoms with Crippen LogP contribution in [0.2, 0.25) is 0 Å². The Morgan fingerprint density at radius 3 is 2.43 bits per heavy atom. The fraction of sp³-hybridized carbons (Fsp3) is 0.700. The summed E-state index contributed by atoms with van der Waals surface area (Å²) in [5.41, 5.74) is 0. The summed E-state index contributed by atoms with van der Waals surface area (Å²) in [5, 5.41) is 0. The summed E-state index contributed by atoms with van der Waals surface area (Å²) in [6, 6.07) is 0. The lowest BCUT2D eigenvalue weighted by Gasteiger charge is -2.39. The zero-order valence-electron chi connectivity index (χ0n) is 8.14. The molecule has 14 heavy (non-hydrogen) atoms. The molecule has 1 spiro atoms. The number of halogens is 1. The molecular formula is C10H13FO3. The number of carbonyl (C=O) groups excluding carboxylic acids is 1. The number of ether oxygens (including phenoxy) is 2. The molecule has 0 aromatic rings. The Kier molecular flexibility index (Phi) is 2.21. The minimum absolute atomic E-state index is 0.0585. The first-order chi connectivity index (χ1) is 6.63. The Bertz CT molecular complexity index is 290. The third-order valence-electron chi connectivity index (χ3n) is 2.72. The predicted molar refractivity (Wildman–Crippen MR) is 46.8 cm³/mol. The Morgan fingerprint density at radius 1 is 1.21 bits per heavy atom. The van der Waals surface area contributed by atoms with Crippen LogP contribution in [0, 0.1) is 0 Å². The molecule has 1 aliphatic carbocycles. The lowest BCUT2D eigenvalue weighted by molar-refractivity contribution is -0.237. The average Bonchev–Trinajstić information content (AvgIpc) is 2.15. The lowest BCUT2D eigenvalue weighted by atomic mass is 9.93. The van der Waals surface area contributed by atoms with Gasteiger partial charge >= 0.3 is 5.97 Å². The SMILES string of the molecule is CC1=C(F)C(=O)OC2(CCCCC2)O1. The van der Waals surface area contributed by atoms with E-state index in [9.17, 15) is 9.18 Å². The largest absolute Gasteiger partial charge is 0.453 e. The third-order valence-corrected chi connectivity index (χ3v) is 2.72. The standard InChI is InChI=1S/C10H13FO3/c1-7-8(11)9(12)14-10(13-7)5-3-2-4-6-10/h2-6H2,1H3. The van der Waals surface area contributed by atoms with Gasteiger partial charge in [0.25, 0.3) is 5.79 Å². The van der Waals surface area contributed by atoms with Gasteiger partial charge in [-0.2, -0.15) is 4.39 Å². The zero-order chi connectivity index (χ0) is 10.2. The van der Waals surface area contributed by atoms with E-state index in [4.69, 9.17) is 9.47 Å². The highest BCUT2D eigenvalue weighted by Crippen LogP contribution is 2.38. The molecule has 3 nitrogen and oxygen atoms in total. The molecule has 1 saturated carbocycles. The number of hydrogen-bond donors (Lipinski definition) is 0. The topological polar surface area (TPSA) is 35.5 Å². The maximum Gasteiger partial charge on any atom is 0.374 e. The predicted octanol–water partition coefficient (Wildman–Crippen LogP) is 2.42. The van der Waals surface area contributed by atoms with Crippen LogP contribution in [-0.4, -0.2) is 11.8 Å². The van der Waals surface area contributed by atoms with Gasteiger partial charge in [-0.3, -0.25) is 0 Å². The maximum atomic E-state index is 13.0. The van der Waals surface area contributed by atoms with Crippen molar-refractivity contribution in [3.63, 3.8) is 0 Å². The fourth-order valence-electron chi connectivity index (χ4n) is 2.00. The maximum absolute atomic E-state index is 13.0. The molecule has 4 heteroatoms. The van der Waals surface area contributed by atoms with E-state index in [1.165, 1.54) is 6.92 Å². The molecule has 1 fully saturated rings. The van der Waals surface area contributed by atoms with Crippen molar-refractivity contribution in [2.24, 2.45) is 0 Å². The number of hydrogen-bond acceptors (Lipinski definition) is 3. The van der Waals surface area contributed by atoms with E-state index in [1.807, 2.05) is 0 Å². The Balaban J connectivity index is 2.21. The van der Waals surface area contributed by atoms with Gasteiger partial charge in [-0.25, -0.2) is 4.79 Å². The number of rotatable bonds is 0. The first-order valence-corrected chi connectivity index (χ1v) is 4.92. The molecule has 1 heterocycles. The highest BCUT2D eigenvalue weighted by atomic mass is 19.1. The second-order valence-corrected chi connectivity index (χ2v) is 3.83. The van der Waals surface area contributed by atoms with Crippen molar-refractivity contribution in [1.29, 1.82) is 0 Å². The molecule has 0 aromatic carbocycles. The van der Waals surface area contributed by atoms with Gasteiger partial charge in [0.2, 0.25) is 5.83 Å². The van der Waals surface area contributed by atoms with Gasteiger partial charge in [0.1, 0.15) is 5.76 Å². The molecule has 0 aromatic heterocycles. The van der Waals surface area contributed by atoms with Gasteiger partial charge < -0.3 is 9.47 Å². The van der Waals surface area contributed by atoms with Crippen LogP contribution >= 0.6 is 0 Å². The van der Waals surface area contributed by atoms with Crippen LogP contribution in [0.25, 0.3) is 0 Å². The van der Waals surface area contributed by atoms with Crippen molar-refractivity contribution in [3.8, 4) is 0 Å². The van der Waals surface area contributed by atoms with Crippen LogP contribution in [0.4, 0.5) is 4.39 Å². The van der Waals surface area contributed by atoms with E-state index >= 15 is 0 Å². The molecular weight excluding hydrogens is 187 g/mol. The molecule has 0 amide bonds. The molecule has 2 rings (SSSR count). The van der Waals surface area contributed by atoms with Crippen LogP contribution < -0.4 is 0 Å². The second-order valence-electron chi connectivity index (χ2n) is 3.83. The summed E-state index contributed by atoms with van der Waals surface area (Å²) in [6.07, 6.45) is 4.38.